The van der Waals surface area contributed by atoms with Crippen LogP contribution in [-0.2, 0) is 19.4 Å². The molecular formula is C18H18ClN5O. The fraction of sp³-hybridized carbons (Fsp3) is 0.222. The number of aryl methyl sites for hydroxylation is 1. The van der Waals surface area contributed by atoms with Gasteiger partial charge in [-0.1, -0.05) is 29.8 Å². The number of nitrogens with zero attached hydrogens (tertiary/aromatic N) is 2. The molecule has 1 aromatic heterocycles. The Hall–Kier alpha value is -2.73. The lowest BCUT2D eigenvalue weighted by Gasteiger charge is -2.15. The van der Waals surface area contributed by atoms with E-state index in [1.54, 1.807) is 0 Å². The van der Waals surface area contributed by atoms with Gasteiger partial charge in [0.15, 0.2) is 0 Å². The second-order valence-electron chi connectivity index (χ2n) is 5.96. The molecule has 128 valence electrons. The first-order chi connectivity index (χ1) is 12.2. The van der Waals surface area contributed by atoms with Gasteiger partial charge in [0, 0.05) is 17.1 Å². The lowest BCUT2D eigenvalue weighted by molar-refractivity contribution is 0.471. The van der Waals surface area contributed by atoms with Crippen LogP contribution in [0.3, 0.4) is 0 Å². The first-order valence-electron chi connectivity index (χ1n) is 8.18. The molecule has 4 N–H and O–H groups in total. The quantitative estimate of drug-likeness (QED) is 0.645. The molecule has 0 saturated heterocycles. The van der Waals surface area contributed by atoms with Crippen LogP contribution in [0, 0.1) is 0 Å². The summed E-state index contributed by atoms with van der Waals surface area (Å²) in [7, 11) is 0. The molecule has 0 unspecified atom stereocenters. The number of fused-ring (bicyclic) bond motifs is 1. The molecule has 1 aliphatic carbocycles. The Kier molecular flexibility index (Phi) is 4.19. The Bertz CT molecular complexity index is 908. The standard InChI is InChI=1S/C18H18ClN5O/c19-14-7-3-9-16(13(14)10-21-18-22-17(20)23-24-18)25-15-8-2-5-11-4-1-6-12(11)15/h2-3,5,7-9H,1,4,6,10H2,(H4,20,21,22,23,24). The van der Waals surface area contributed by atoms with Crippen LogP contribution in [0.4, 0.5) is 11.9 Å². The number of H-pyrrole nitrogens is 1. The highest BCUT2D eigenvalue weighted by molar-refractivity contribution is 6.31. The maximum atomic E-state index is 6.39. The zero-order valence-electron chi connectivity index (χ0n) is 13.6. The molecule has 6 nitrogen and oxygen atoms in total. The molecule has 0 bridgehead atoms. The molecule has 2 aromatic carbocycles. The van der Waals surface area contributed by atoms with Gasteiger partial charge in [-0.3, -0.25) is 0 Å². The summed E-state index contributed by atoms with van der Waals surface area (Å²) in [4.78, 5) is 4.03. The van der Waals surface area contributed by atoms with Crippen LogP contribution in [-0.4, -0.2) is 15.2 Å². The first-order valence-corrected chi connectivity index (χ1v) is 8.56. The Morgan fingerprint density at radius 1 is 1.16 bits per heavy atom. The zero-order valence-corrected chi connectivity index (χ0v) is 14.3. The third-order valence-electron chi connectivity index (χ3n) is 4.32. The molecule has 0 aliphatic heterocycles. The minimum Gasteiger partial charge on any atom is -0.457 e. The molecule has 25 heavy (non-hydrogen) atoms. The molecule has 1 heterocycles. The van der Waals surface area contributed by atoms with Crippen molar-refractivity contribution in [2.24, 2.45) is 0 Å². The molecule has 0 radical (unpaired) electrons. The van der Waals surface area contributed by atoms with Crippen LogP contribution in [0.2, 0.25) is 5.02 Å². The normalized spacial score (nSPS) is 12.8. The summed E-state index contributed by atoms with van der Waals surface area (Å²) in [6, 6.07) is 11.9. The third-order valence-corrected chi connectivity index (χ3v) is 4.68. The summed E-state index contributed by atoms with van der Waals surface area (Å²) in [5.74, 6) is 2.31. The largest absolute Gasteiger partial charge is 0.457 e. The number of rotatable bonds is 5. The molecule has 1 aliphatic rings. The number of ether oxygens (including phenoxy) is 1. The molecule has 0 atom stereocenters. The monoisotopic (exact) mass is 355 g/mol. The van der Waals surface area contributed by atoms with Gasteiger partial charge < -0.3 is 15.8 Å². The third kappa shape index (κ3) is 3.25. The highest BCUT2D eigenvalue weighted by Gasteiger charge is 2.17. The summed E-state index contributed by atoms with van der Waals surface area (Å²) in [5.41, 5.74) is 9.06. The van der Waals surface area contributed by atoms with Crippen molar-refractivity contribution in [3.8, 4) is 11.5 Å². The second kappa shape index (κ2) is 6.64. The first kappa shape index (κ1) is 15.8. The van der Waals surface area contributed by atoms with E-state index in [2.05, 4.69) is 26.6 Å². The topological polar surface area (TPSA) is 88.8 Å². The van der Waals surface area contributed by atoms with Gasteiger partial charge in [-0.15, -0.1) is 5.10 Å². The number of halogens is 1. The van der Waals surface area contributed by atoms with E-state index in [1.165, 1.54) is 17.5 Å². The van der Waals surface area contributed by atoms with Crippen molar-refractivity contribution in [2.75, 3.05) is 11.1 Å². The number of hydrogen-bond acceptors (Lipinski definition) is 5. The number of anilines is 2. The van der Waals surface area contributed by atoms with Crippen LogP contribution < -0.4 is 15.8 Å². The second-order valence-corrected chi connectivity index (χ2v) is 6.37. The molecule has 0 saturated carbocycles. The number of nitrogen functional groups attached to an aromatic ring is 1. The Labute approximate surface area is 150 Å². The molecule has 3 aromatic rings. The maximum Gasteiger partial charge on any atom is 0.243 e. The van der Waals surface area contributed by atoms with Crippen molar-refractivity contribution < 1.29 is 4.74 Å². The van der Waals surface area contributed by atoms with Crippen LogP contribution in [0.5, 0.6) is 11.5 Å². The van der Waals surface area contributed by atoms with Crippen molar-refractivity contribution in [1.82, 2.24) is 15.2 Å². The lowest BCUT2D eigenvalue weighted by atomic mass is 10.1. The number of aromatic nitrogens is 3. The van der Waals surface area contributed by atoms with Crippen LogP contribution in [0.25, 0.3) is 0 Å². The average molecular weight is 356 g/mol. The highest BCUT2D eigenvalue weighted by atomic mass is 35.5. The van der Waals surface area contributed by atoms with Gasteiger partial charge in [0.2, 0.25) is 11.9 Å². The highest BCUT2D eigenvalue weighted by Crippen LogP contribution is 2.36. The number of hydrogen-bond donors (Lipinski definition) is 3. The molecule has 0 amide bonds. The van der Waals surface area contributed by atoms with Gasteiger partial charge in [-0.25, -0.2) is 5.10 Å². The smallest absolute Gasteiger partial charge is 0.243 e. The van der Waals surface area contributed by atoms with E-state index in [0.717, 1.165) is 29.9 Å². The van der Waals surface area contributed by atoms with Gasteiger partial charge in [-0.2, -0.15) is 4.98 Å². The lowest BCUT2D eigenvalue weighted by Crippen LogP contribution is -2.04. The summed E-state index contributed by atoms with van der Waals surface area (Å²) in [6.45, 7) is 0.432. The maximum absolute atomic E-state index is 6.39. The minimum absolute atomic E-state index is 0.262. The van der Waals surface area contributed by atoms with Crippen molar-refractivity contribution >= 4 is 23.5 Å². The predicted octanol–water partition coefficient (Wildman–Crippen LogP) is 3.93. The minimum atomic E-state index is 0.262. The van der Waals surface area contributed by atoms with Crippen molar-refractivity contribution in [2.45, 2.75) is 25.8 Å². The SMILES string of the molecule is Nc1nc(NCc2c(Cl)cccc2Oc2cccc3c2CCC3)n[nH]1. The predicted molar refractivity (Wildman–Crippen MR) is 98.1 cm³/mol. The Morgan fingerprint density at radius 3 is 2.84 bits per heavy atom. The van der Waals surface area contributed by atoms with Gasteiger partial charge in [0.25, 0.3) is 0 Å². The Morgan fingerprint density at radius 2 is 2.00 bits per heavy atom. The van der Waals surface area contributed by atoms with Crippen molar-refractivity contribution in [3.05, 3.63) is 58.1 Å². The summed E-state index contributed by atoms with van der Waals surface area (Å²) in [6.07, 6.45) is 3.34. The number of aromatic amines is 1. The zero-order chi connectivity index (χ0) is 17.2. The fourth-order valence-corrected chi connectivity index (χ4v) is 3.36. The average Bonchev–Trinajstić information content (AvgIpc) is 3.24. The number of nitrogens with one attached hydrogen (secondary N) is 2. The van der Waals surface area contributed by atoms with E-state index in [0.29, 0.717) is 17.5 Å². The summed E-state index contributed by atoms with van der Waals surface area (Å²) in [5, 5.41) is 10.3. The van der Waals surface area contributed by atoms with Crippen molar-refractivity contribution in [3.63, 3.8) is 0 Å². The van der Waals surface area contributed by atoms with E-state index in [9.17, 15) is 0 Å². The van der Waals surface area contributed by atoms with E-state index in [-0.39, 0.29) is 5.95 Å². The van der Waals surface area contributed by atoms with Crippen LogP contribution in [0.1, 0.15) is 23.1 Å². The van der Waals surface area contributed by atoms with E-state index in [1.807, 2.05) is 30.3 Å². The summed E-state index contributed by atoms with van der Waals surface area (Å²) < 4.78 is 6.23. The van der Waals surface area contributed by atoms with Crippen molar-refractivity contribution in [1.29, 1.82) is 0 Å². The number of benzene rings is 2. The molecule has 0 spiro atoms. The van der Waals surface area contributed by atoms with E-state index in [4.69, 9.17) is 22.1 Å². The summed E-state index contributed by atoms with van der Waals surface area (Å²) >= 11 is 6.39. The van der Waals surface area contributed by atoms with Crippen LogP contribution >= 0.6 is 11.6 Å². The molecule has 0 fully saturated rings. The van der Waals surface area contributed by atoms with Gasteiger partial charge in [-0.05, 0) is 48.6 Å². The van der Waals surface area contributed by atoms with E-state index < -0.39 is 0 Å². The fourth-order valence-electron chi connectivity index (χ4n) is 3.13. The van der Waals surface area contributed by atoms with Crippen LogP contribution in [0.15, 0.2) is 36.4 Å². The van der Waals surface area contributed by atoms with Gasteiger partial charge in [0.05, 0.1) is 0 Å². The molecule has 7 heteroatoms. The van der Waals surface area contributed by atoms with Gasteiger partial charge >= 0.3 is 0 Å². The van der Waals surface area contributed by atoms with Gasteiger partial charge in [0.1, 0.15) is 11.5 Å². The van der Waals surface area contributed by atoms with E-state index >= 15 is 0 Å². The number of nitrogens with two attached hydrogens (primary N) is 1. The Balaban J connectivity index is 1.60. The molecule has 4 rings (SSSR count). The molecular weight excluding hydrogens is 338 g/mol.